The Morgan fingerprint density at radius 2 is 2.21 bits per heavy atom. The molecule has 1 atom stereocenters. The Labute approximate surface area is 202 Å². The van der Waals surface area contributed by atoms with E-state index in [1.165, 1.54) is 17.5 Å². The van der Waals surface area contributed by atoms with Gasteiger partial charge in [-0.2, -0.15) is 0 Å². The van der Waals surface area contributed by atoms with Gasteiger partial charge in [0.2, 0.25) is 0 Å². The van der Waals surface area contributed by atoms with Gasteiger partial charge in [0, 0.05) is 38.3 Å². The summed E-state index contributed by atoms with van der Waals surface area (Å²) in [6.07, 6.45) is 8.94. The number of hydrogen-bond donors (Lipinski definition) is 2. The summed E-state index contributed by atoms with van der Waals surface area (Å²) in [4.78, 5) is 36.2. The molecule has 3 aromatic heterocycles. The first-order valence-corrected chi connectivity index (χ1v) is 12.3. The van der Waals surface area contributed by atoms with Crippen molar-refractivity contribution in [3.63, 3.8) is 0 Å². The zero-order valence-electron chi connectivity index (χ0n) is 19.4. The van der Waals surface area contributed by atoms with Crippen LogP contribution in [0.4, 0.5) is 9.93 Å². The second-order valence-corrected chi connectivity index (χ2v) is 9.33. The van der Waals surface area contributed by atoms with Crippen LogP contribution in [0.3, 0.4) is 0 Å². The van der Waals surface area contributed by atoms with Gasteiger partial charge in [-0.25, -0.2) is 14.8 Å². The van der Waals surface area contributed by atoms with E-state index in [4.69, 9.17) is 9.47 Å². The van der Waals surface area contributed by atoms with E-state index in [1.807, 2.05) is 42.8 Å². The molecule has 0 spiro atoms. The number of imidazole rings is 1. The first-order valence-electron chi connectivity index (χ1n) is 11.4. The van der Waals surface area contributed by atoms with Crippen LogP contribution in [-0.2, 0) is 16.0 Å². The molecular weight excluding hydrogens is 456 g/mol. The predicted molar refractivity (Wildman–Crippen MR) is 129 cm³/mol. The molecule has 1 aliphatic rings. The summed E-state index contributed by atoms with van der Waals surface area (Å²) in [5.41, 5.74) is 1.80. The van der Waals surface area contributed by atoms with E-state index in [9.17, 15) is 9.59 Å². The minimum atomic E-state index is -0.280. The fourth-order valence-electron chi connectivity index (χ4n) is 3.62. The van der Waals surface area contributed by atoms with E-state index in [1.54, 1.807) is 11.1 Å². The van der Waals surface area contributed by atoms with Gasteiger partial charge in [0.25, 0.3) is 5.91 Å². The number of aromatic nitrogens is 3. The van der Waals surface area contributed by atoms with E-state index in [-0.39, 0.29) is 24.1 Å². The van der Waals surface area contributed by atoms with Crippen LogP contribution in [0.1, 0.15) is 41.9 Å². The second kappa shape index (κ2) is 11.4. The van der Waals surface area contributed by atoms with Gasteiger partial charge in [0.15, 0.2) is 5.13 Å². The number of hydrogen-bond acceptors (Lipinski definition) is 7. The summed E-state index contributed by atoms with van der Waals surface area (Å²) in [5.74, 6) is -0.239. The van der Waals surface area contributed by atoms with E-state index >= 15 is 0 Å². The van der Waals surface area contributed by atoms with Crippen molar-refractivity contribution >= 4 is 34.1 Å². The molecule has 0 bridgehead atoms. The van der Waals surface area contributed by atoms with Crippen LogP contribution < -0.4 is 15.5 Å². The van der Waals surface area contributed by atoms with E-state index in [2.05, 4.69) is 20.6 Å². The Morgan fingerprint density at radius 1 is 1.32 bits per heavy atom. The fraction of sp³-hybridized carbons (Fsp3) is 0.478. The maximum Gasteiger partial charge on any atom is 0.323 e. The predicted octanol–water partition coefficient (Wildman–Crippen LogP) is 2.84. The third-order valence-electron chi connectivity index (χ3n) is 5.34. The van der Waals surface area contributed by atoms with Crippen molar-refractivity contribution in [2.45, 2.75) is 45.4 Å². The van der Waals surface area contributed by atoms with Crippen molar-refractivity contribution < 1.29 is 19.1 Å². The Bertz CT molecular complexity index is 1110. The van der Waals surface area contributed by atoms with Crippen molar-refractivity contribution in [2.75, 3.05) is 31.2 Å². The summed E-state index contributed by atoms with van der Waals surface area (Å²) in [7, 11) is 0. The first-order chi connectivity index (χ1) is 16.5. The fourth-order valence-corrected chi connectivity index (χ4v) is 4.46. The van der Waals surface area contributed by atoms with Gasteiger partial charge in [-0.3, -0.25) is 9.69 Å². The standard InChI is InChI=1S/C23H30N6O4S/c1-16(2)32-11-8-25-22(31)29(15-18-4-3-10-33-18)23-27-13-19(34-23)21(30)26-12-17-5-6-20-24-7-9-28(20)14-17/h5-7,9,13-14,16,18H,3-4,8,10-12,15H2,1-2H3,(H,25,31)(H,26,30). The van der Waals surface area contributed by atoms with Gasteiger partial charge in [0.1, 0.15) is 10.5 Å². The minimum absolute atomic E-state index is 0.0445. The highest BCUT2D eigenvalue weighted by molar-refractivity contribution is 7.17. The zero-order chi connectivity index (χ0) is 23.9. The van der Waals surface area contributed by atoms with E-state index in [0.717, 1.165) is 24.1 Å². The number of fused-ring (bicyclic) bond motifs is 1. The number of carbonyl (C=O) groups is 2. The van der Waals surface area contributed by atoms with Crippen molar-refractivity contribution in [3.8, 4) is 0 Å². The van der Waals surface area contributed by atoms with E-state index < -0.39 is 0 Å². The van der Waals surface area contributed by atoms with Crippen LogP contribution in [0.25, 0.3) is 5.65 Å². The van der Waals surface area contributed by atoms with E-state index in [0.29, 0.717) is 42.9 Å². The van der Waals surface area contributed by atoms with Gasteiger partial charge < -0.3 is 24.5 Å². The largest absolute Gasteiger partial charge is 0.377 e. The normalized spacial score (nSPS) is 15.7. The SMILES string of the molecule is CC(C)OCCNC(=O)N(CC1CCCO1)c1ncc(C(=O)NCc2ccc3nccn3c2)s1. The third kappa shape index (κ3) is 6.31. The molecule has 0 aliphatic carbocycles. The molecule has 3 amide bonds. The third-order valence-corrected chi connectivity index (χ3v) is 6.36. The molecule has 4 rings (SSSR count). The number of urea groups is 1. The number of carbonyl (C=O) groups excluding carboxylic acids is 2. The molecule has 2 N–H and O–H groups in total. The second-order valence-electron chi connectivity index (χ2n) is 8.32. The smallest absolute Gasteiger partial charge is 0.323 e. The molecule has 0 radical (unpaired) electrons. The van der Waals surface area contributed by atoms with Crippen molar-refractivity contribution in [1.29, 1.82) is 0 Å². The van der Waals surface area contributed by atoms with Gasteiger partial charge in [-0.1, -0.05) is 17.4 Å². The molecule has 1 unspecified atom stereocenters. The highest BCUT2D eigenvalue weighted by atomic mass is 32.1. The number of thiazole rings is 1. The van der Waals surface area contributed by atoms with Crippen LogP contribution in [0, 0.1) is 0 Å². The molecule has 1 saturated heterocycles. The molecule has 1 fully saturated rings. The molecule has 1 aliphatic heterocycles. The summed E-state index contributed by atoms with van der Waals surface area (Å²) in [6.45, 7) is 6.16. The minimum Gasteiger partial charge on any atom is -0.377 e. The van der Waals surface area contributed by atoms with Crippen LogP contribution in [-0.4, -0.2) is 64.8 Å². The van der Waals surface area contributed by atoms with Gasteiger partial charge in [-0.15, -0.1) is 0 Å². The number of ether oxygens (including phenoxy) is 2. The monoisotopic (exact) mass is 486 g/mol. The Balaban J connectivity index is 1.38. The number of nitrogens with zero attached hydrogens (tertiary/aromatic N) is 4. The lowest BCUT2D eigenvalue weighted by atomic mass is 10.2. The Kier molecular flexibility index (Phi) is 8.09. The number of rotatable bonds is 10. The molecule has 182 valence electrons. The molecule has 10 nitrogen and oxygen atoms in total. The molecule has 0 saturated carbocycles. The lowest BCUT2D eigenvalue weighted by Crippen LogP contribution is -2.45. The highest BCUT2D eigenvalue weighted by Crippen LogP contribution is 2.25. The topological polar surface area (TPSA) is 110 Å². The summed E-state index contributed by atoms with van der Waals surface area (Å²) >= 11 is 1.18. The molecule has 11 heteroatoms. The van der Waals surface area contributed by atoms with Crippen LogP contribution >= 0.6 is 11.3 Å². The molecule has 34 heavy (non-hydrogen) atoms. The number of nitrogens with one attached hydrogen (secondary N) is 2. The molecule has 4 heterocycles. The number of amides is 3. The maximum atomic E-state index is 12.9. The Hall–Kier alpha value is -3.02. The van der Waals surface area contributed by atoms with Crippen molar-refractivity contribution in [1.82, 2.24) is 25.0 Å². The number of anilines is 1. The number of pyridine rings is 1. The summed E-state index contributed by atoms with van der Waals surface area (Å²) in [5, 5.41) is 6.25. The van der Waals surface area contributed by atoms with Gasteiger partial charge >= 0.3 is 6.03 Å². The summed E-state index contributed by atoms with van der Waals surface area (Å²) in [6, 6.07) is 3.55. The lowest BCUT2D eigenvalue weighted by Gasteiger charge is -2.23. The Morgan fingerprint density at radius 3 is 3.00 bits per heavy atom. The summed E-state index contributed by atoms with van der Waals surface area (Å²) < 4.78 is 13.1. The van der Waals surface area contributed by atoms with Crippen LogP contribution in [0.5, 0.6) is 0 Å². The molecule has 0 aromatic carbocycles. The quantitative estimate of drug-likeness (QED) is 0.427. The van der Waals surface area contributed by atoms with Crippen LogP contribution in [0.15, 0.2) is 36.9 Å². The highest BCUT2D eigenvalue weighted by Gasteiger charge is 2.26. The zero-order valence-corrected chi connectivity index (χ0v) is 20.2. The van der Waals surface area contributed by atoms with Crippen LogP contribution in [0.2, 0.25) is 0 Å². The van der Waals surface area contributed by atoms with Crippen molar-refractivity contribution in [2.24, 2.45) is 0 Å². The first kappa shape index (κ1) is 24.1. The average Bonchev–Trinajstić information content (AvgIpc) is 3.59. The molecule has 3 aromatic rings. The van der Waals surface area contributed by atoms with Crippen molar-refractivity contribution in [3.05, 3.63) is 47.4 Å². The average molecular weight is 487 g/mol. The van der Waals surface area contributed by atoms with Gasteiger partial charge in [0.05, 0.1) is 31.6 Å². The maximum absolute atomic E-state index is 12.9. The lowest BCUT2D eigenvalue weighted by molar-refractivity contribution is 0.0817. The molecular formula is C23H30N6O4S. The van der Waals surface area contributed by atoms with Gasteiger partial charge in [-0.05, 0) is 38.3 Å².